The van der Waals surface area contributed by atoms with Gasteiger partial charge in [-0.05, 0) is 25.1 Å². The van der Waals surface area contributed by atoms with Crippen molar-refractivity contribution in [1.82, 2.24) is 9.78 Å². The van der Waals surface area contributed by atoms with Crippen molar-refractivity contribution in [3.05, 3.63) is 54.4 Å². The number of hydrogen-bond donors (Lipinski definition) is 0. The summed E-state index contributed by atoms with van der Waals surface area (Å²) >= 11 is 0. The van der Waals surface area contributed by atoms with Gasteiger partial charge in [-0.2, -0.15) is 5.10 Å². The second kappa shape index (κ2) is 6.24. The quantitative estimate of drug-likeness (QED) is 0.625. The van der Waals surface area contributed by atoms with Gasteiger partial charge in [0.1, 0.15) is 5.60 Å². The SMILES string of the molecule is CC1(OC(=O)/C=C/c2cnn(-c3ccccc3)c2)CCS(=O)(=O)C1. The van der Waals surface area contributed by atoms with Crippen LogP contribution in [0.2, 0.25) is 0 Å². The number of para-hydroxylation sites is 1. The average Bonchev–Trinajstić information content (AvgIpc) is 3.10. The molecule has 1 aromatic heterocycles. The van der Waals surface area contributed by atoms with Crippen molar-refractivity contribution in [3.8, 4) is 5.69 Å². The molecule has 2 heterocycles. The minimum absolute atomic E-state index is 0.0599. The maximum absolute atomic E-state index is 11.9. The summed E-state index contributed by atoms with van der Waals surface area (Å²) in [6.45, 7) is 1.65. The average molecular weight is 346 g/mol. The Morgan fingerprint density at radius 3 is 2.75 bits per heavy atom. The number of hydrogen-bond acceptors (Lipinski definition) is 5. The molecule has 1 aromatic carbocycles. The van der Waals surface area contributed by atoms with Gasteiger partial charge in [0.2, 0.25) is 0 Å². The molecule has 1 saturated heterocycles. The van der Waals surface area contributed by atoms with Gasteiger partial charge in [-0.25, -0.2) is 17.9 Å². The normalized spacial score (nSPS) is 22.7. The maximum atomic E-state index is 11.9. The Morgan fingerprint density at radius 1 is 1.33 bits per heavy atom. The van der Waals surface area contributed by atoms with Crippen LogP contribution in [0, 0.1) is 0 Å². The fourth-order valence-corrected chi connectivity index (χ4v) is 4.67. The van der Waals surface area contributed by atoms with Crippen molar-refractivity contribution < 1.29 is 17.9 Å². The number of carbonyl (C=O) groups excluding carboxylic acids is 1. The molecule has 0 amide bonds. The van der Waals surface area contributed by atoms with Gasteiger partial charge in [0, 0.05) is 24.3 Å². The van der Waals surface area contributed by atoms with E-state index in [1.807, 2.05) is 30.3 Å². The van der Waals surface area contributed by atoms with Gasteiger partial charge in [0.05, 0.1) is 23.4 Å². The molecule has 0 saturated carbocycles. The van der Waals surface area contributed by atoms with E-state index in [2.05, 4.69) is 5.10 Å². The molecule has 1 aliphatic heterocycles. The zero-order valence-electron chi connectivity index (χ0n) is 13.3. The summed E-state index contributed by atoms with van der Waals surface area (Å²) in [5.41, 5.74) is 0.734. The van der Waals surface area contributed by atoms with E-state index in [4.69, 9.17) is 4.74 Å². The van der Waals surface area contributed by atoms with Crippen LogP contribution in [0.5, 0.6) is 0 Å². The Balaban J connectivity index is 1.64. The lowest BCUT2D eigenvalue weighted by atomic mass is 10.1. The smallest absolute Gasteiger partial charge is 0.331 e. The highest BCUT2D eigenvalue weighted by Crippen LogP contribution is 2.27. The summed E-state index contributed by atoms with van der Waals surface area (Å²) in [5, 5.41) is 4.23. The predicted octanol–water partition coefficient (Wildman–Crippen LogP) is 2.01. The number of benzene rings is 1. The van der Waals surface area contributed by atoms with E-state index in [1.54, 1.807) is 30.1 Å². The van der Waals surface area contributed by atoms with Crippen LogP contribution in [0.3, 0.4) is 0 Å². The maximum Gasteiger partial charge on any atom is 0.331 e. The molecular formula is C17H18N2O4S. The molecule has 6 nitrogen and oxygen atoms in total. The second-order valence-electron chi connectivity index (χ2n) is 6.10. The Labute approximate surface area is 140 Å². The molecule has 1 fully saturated rings. The van der Waals surface area contributed by atoms with Crippen LogP contribution in [0.4, 0.5) is 0 Å². The largest absolute Gasteiger partial charge is 0.455 e. The van der Waals surface area contributed by atoms with E-state index < -0.39 is 21.4 Å². The van der Waals surface area contributed by atoms with E-state index >= 15 is 0 Å². The van der Waals surface area contributed by atoms with Crippen LogP contribution in [0.15, 0.2) is 48.8 Å². The van der Waals surface area contributed by atoms with Crippen LogP contribution in [0.1, 0.15) is 18.9 Å². The van der Waals surface area contributed by atoms with Crippen molar-refractivity contribution >= 4 is 21.9 Å². The van der Waals surface area contributed by atoms with Gasteiger partial charge in [-0.1, -0.05) is 18.2 Å². The summed E-state index contributed by atoms with van der Waals surface area (Å²) in [5.74, 6) is -0.613. The van der Waals surface area contributed by atoms with Gasteiger partial charge in [-0.3, -0.25) is 0 Å². The van der Waals surface area contributed by atoms with Crippen molar-refractivity contribution in [2.24, 2.45) is 0 Å². The fourth-order valence-electron chi connectivity index (χ4n) is 2.65. The highest BCUT2D eigenvalue weighted by Gasteiger charge is 2.41. The summed E-state index contributed by atoms with van der Waals surface area (Å²) in [6, 6.07) is 9.61. The third kappa shape index (κ3) is 3.91. The van der Waals surface area contributed by atoms with Crippen LogP contribution in [0.25, 0.3) is 11.8 Å². The molecule has 126 valence electrons. The van der Waals surface area contributed by atoms with E-state index in [9.17, 15) is 13.2 Å². The molecule has 3 rings (SSSR count). The number of nitrogens with zero attached hydrogens (tertiary/aromatic N) is 2. The molecule has 0 N–H and O–H groups in total. The van der Waals surface area contributed by atoms with E-state index in [-0.39, 0.29) is 11.5 Å². The molecule has 0 spiro atoms. The van der Waals surface area contributed by atoms with Crippen molar-refractivity contribution in [2.75, 3.05) is 11.5 Å². The Morgan fingerprint density at radius 2 is 2.08 bits per heavy atom. The zero-order chi connectivity index (χ0) is 17.2. The van der Waals surface area contributed by atoms with E-state index in [0.29, 0.717) is 6.42 Å². The first-order chi connectivity index (χ1) is 11.4. The summed E-state index contributed by atoms with van der Waals surface area (Å²) < 4.78 is 30.1. The number of esters is 1. The first kappa shape index (κ1) is 16.4. The van der Waals surface area contributed by atoms with E-state index in [0.717, 1.165) is 11.3 Å². The second-order valence-corrected chi connectivity index (χ2v) is 8.28. The monoisotopic (exact) mass is 346 g/mol. The third-order valence-corrected chi connectivity index (χ3v) is 5.73. The Kier molecular flexibility index (Phi) is 4.28. The molecule has 0 bridgehead atoms. The topological polar surface area (TPSA) is 78.3 Å². The summed E-state index contributed by atoms with van der Waals surface area (Å²) in [7, 11) is -3.11. The number of sulfone groups is 1. The lowest BCUT2D eigenvalue weighted by Gasteiger charge is -2.21. The molecule has 1 unspecified atom stereocenters. The number of carbonyl (C=O) groups is 1. The highest BCUT2D eigenvalue weighted by atomic mass is 32.2. The molecule has 0 radical (unpaired) electrons. The lowest BCUT2D eigenvalue weighted by Crippen LogP contribution is -2.32. The highest BCUT2D eigenvalue weighted by molar-refractivity contribution is 7.91. The Hall–Kier alpha value is -2.41. The molecule has 24 heavy (non-hydrogen) atoms. The third-order valence-electron chi connectivity index (χ3n) is 3.85. The van der Waals surface area contributed by atoms with Crippen molar-refractivity contribution in [3.63, 3.8) is 0 Å². The summed E-state index contributed by atoms with van der Waals surface area (Å²) in [6.07, 6.45) is 6.66. The minimum Gasteiger partial charge on any atom is -0.455 e. The van der Waals surface area contributed by atoms with Gasteiger partial charge < -0.3 is 4.74 Å². The first-order valence-corrected chi connectivity index (χ1v) is 9.39. The Bertz CT molecular complexity index is 871. The van der Waals surface area contributed by atoms with Gasteiger partial charge in [0.15, 0.2) is 9.84 Å². The molecular weight excluding hydrogens is 328 g/mol. The summed E-state index contributed by atoms with van der Waals surface area (Å²) in [4.78, 5) is 11.9. The van der Waals surface area contributed by atoms with Crippen LogP contribution in [-0.4, -0.2) is 41.3 Å². The van der Waals surface area contributed by atoms with Gasteiger partial charge >= 0.3 is 5.97 Å². The lowest BCUT2D eigenvalue weighted by molar-refractivity contribution is -0.149. The predicted molar refractivity (Wildman–Crippen MR) is 90.4 cm³/mol. The number of rotatable bonds is 4. The fraction of sp³-hybridized carbons (Fsp3) is 0.294. The van der Waals surface area contributed by atoms with Crippen molar-refractivity contribution in [1.29, 1.82) is 0 Å². The first-order valence-electron chi connectivity index (χ1n) is 7.57. The van der Waals surface area contributed by atoms with Crippen LogP contribution < -0.4 is 0 Å². The van der Waals surface area contributed by atoms with Gasteiger partial charge in [-0.15, -0.1) is 0 Å². The molecule has 1 atom stereocenters. The van der Waals surface area contributed by atoms with Crippen LogP contribution >= 0.6 is 0 Å². The molecule has 2 aromatic rings. The minimum atomic E-state index is -3.11. The van der Waals surface area contributed by atoms with Gasteiger partial charge in [0.25, 0.3) is 0 Å². The van der Waals surface area contributed by atoms with E-state index in [1.165, 1.54) is 6.08 Å². The molecule has 1 aliphatic rings. The van der Waals surface area contributed by atoms with Crippen molar-refractivity contribution in [2.45, 2.75) is 18.9 Å². The molecule has 7 heteroatoms. The van der Waals surface area contributed by atoms with Crippen LogP contribution in [-0.2, 0) is 19.4 Å². The zero-order valence-corrected chi connectivity index (χ0v) is 14.1. The number of ether oxygens (including phenoxy) is 1. The number of aromatic nitrogens is 2. The molecule has 0 aliphatic carbocycles. The standard InChI is InChI=1S/C17H18N2O4S/c1-17(9-10-24(21,22)13-17)23-16(20)8-7-14-11-18-19(12-14)15-5-3-2-4-6-15/h2-8,11-12H,9-10,13H2,1H3/b8-7+.